The minimum Gasteiger partial charge on any atom is -0.378 e. The SMILES string of the molecule is COCc1nc(-c2ccc(SC)cc2)cs1. The van der Waals surface area contributed by atoms with E-state index >= 15 is 0 Å². The minimum atomic E-state index is 0.591. The first kappa shape index (κ1) is 11.6. The number of thiazole rings is 1. The molecule has 0 atom stereocenters. The molecule has 0 spiro atoms. The molecule has 0 fully saturated rings. The maximum absolute atomic E-state index is 5.06. The van der Waals surface area contributed by atoms with Gasteiger partial charge in [0.15, 0.2) is 0 Å². The predicted octanol–water partition coefficient (Wildman–Crippen LogP) is 3.68. The van der Waals surface area contributed by atoms with Gasteiger partial charge in [-0.3, -0.25) is 0 Å². The van der Waals surface area contributed by atoms with E-state index in [1.807, 2.05) is 0 Å². The third-order valence-corrected chi connectivity index (χ3v) is 3.77. The summed E-state index contributed by atoms with van der Waals surface area (Å²) in [5, 5.41) is 3.09. The molecule has 0 radical (unpaired) electrons. The summed E-state index contributed by atoms with van der Waals surface area (Å²) in [6.45, 7) is 0.591. The van der Waals surface area contributed by atoms with Gasteiger partial charge in [0.1, 0.15) is 5.01 Å². The van der Waals surface area contributed by atoms with Crippen molar-refractivity contribution >= 4 is 23.1 Å². The molecule has 0 unspecified atom stereocenters. The average molecular weight is 251 g/mol. The van der Waals surface area contributed by atoms with Crippen LogP contribution in [-0.4, -0.2) is 18.3 Å². The van der Waals surface area contributed by atoms with E-state index in [-0.39, 0.29) is 0 Å². The number of nitrogens with zero attached hydrogens (tertiary/aromatic N) is 1. The number of rotatable bonds is 4. The van der Waals surface area contributed by atoms with Crippen LogP contribution in [0.2, 0.25) is 0 Å². The summed E-state index contributed by atoms with van der Waals surface area (Å²) >= 11 is 3.39. The van der Waals surface area contributed by atoms with Gasteiger partial charge in [-0.05, 0) is 18.4 Å². The Morgan fingerprint density at radius 1 is 1.31 bits per heavy atom. The van der Waals surface area contributed by atoms with Crippen molar-refractivity contribution in [1.82, 2.24) is 4.98 Å². The summed E-state index contributed by atoms with van der Waals surface area (Å²) in [6, 6.07) is 8.46. The summed E-state index contributed by atoms with van der Waals surface area (Å²) in [7, 11) is 1.69. The lowest BCUT2D eigenvalue weighted by atomic mass is 10.2. The van der Waals surface area contributed by atoms with E-state index in [1.54, 1.807) is 30.2 Å². The summed E-state index contributed by atoms with van der Waals surface area (Å²) < 4.78 is 5.06. The third-order valence-electron chi connectivity index (χ3n) is 2.21. The average Bonchev–Trinajstić information content (AvgIpc) is 2.78. The Morgan fingerprint density at radius 2 is 2.06 bits per heavy atom. The summed E-state index contributed by atoms with van der Waals surface area (Å²) in [4.78, 5) is 5.79. The van der Waals surface area contributed by atoms with E-state index in [2.05, 4.69) is 40.9 Å². The molecule has 2 nitrogen and oxygen atoms in total. The first-order chi connectivity index (χ1) is 7.83. The van der Waals surface area contributed by atoms with Crippen molar-refractivity contribution in [2.45, 2.75) is 11.5 Å². The molecule has 16 heavy (non-hydrogen) atoms. The second kappa shape index (κ2) is 5.48. The number of thioether (sulfide) groups is 1. The van der Waals surface area contributed by atoms with Crippen molar-refractivity contribution < 1.29 is 4.74 Å². The third kappa shape index (κ3) is 2.64. The Balaban J connectivity index is 2.21. The Kier molecular flexibility index (Phi) is 3.98. The predicted molar refractivity (Wildman–Crippen MR) is 70.0 cm³/mol. The maximum atomic E-state index is 5.06. The highest BCUT2D eigenvalue weighted by molar-refractivity contribution is 7.98. The van der Waals surface area contributed by atoms with E-state index < -0.39 is 0 Å². The van der Waals surface area contributed by atoms with Gasteiger partial charge in [-0.25, -0.2) is 4.98 Å². The van der Waals surface area contributed by atoms with Gasteiger partial charge in [-0.2, -0.15) is 0 Å². The van der Waals surface area contributed by atoms with E-state index in [9.17, 15) is 0 Å². The summed E-state index contributed by atoms with van der Waals surface area (Å²) in [5.74, 6) is 0. The molecule has 0 saturated carbocycles. The minimum absolute atomic E-state index is 0.591. The Hall–Kier alpha value is -0.840. The molecule has 0 aliphatic heterocycles. The topological polar surface area (TPSA) is 22.1 Å². The van der Waals surface area contributed by atoms with Crippen LogP contribution in [-0.2, 0) is 11.3 Å². The number of aromatic nitrogens is 1. The van der Waals surface area contributed by atoms with Gasteiger partial charge in [0.25, 0.3) is 0 Å². The van der Waals surface area contributed by atoms with Crippen LogP contribution in [0.15, 0.2) is 34.5 Å². The van der Waals surface area contributed by atoms with Gasteiger partial charge in [-0.1, -0.05) is 12.1 Å². The summed E-state index contributed by atoms with van der Waals surface area (Å²) in [6.07, 6.45) is 2.08. The standard InChI is InChI=1S/C12H13NOS2/c1-14-7-12-13-11(8-16-12)9-3-5-10(15-2)6-4-9/h3-6,8H,7H2,1-2H3. The number of hydrogen-bond acceptors (Lipinski definition) is 4. The lowest BCUT2D eigenvalue weighted by Crippen LogP contribution is -1.85. The molecule has 0 bridgehead atoms. The van der Waals surface area contributed by atoms with Crippen molar-refractivity contribution in [3.63, 3.8) is 0 Å². The zero-order valence-electron chi connectivity index (χ0n) is 9.27. The number of ether oxygens (including phenoxy) is 1. The fourth-order valence-electron chi connectivity index (χ4n) is 1.40. The highest BCUT2D eigenvalue weighted by Crippen LogP contribution is 2.24. The van der Waals surface area contributed by atoms with Crippen LogP contribution in [0.5, 0.6) is 0 Å². The zero-order valence-corrected chi connectivity index (χ0v) is 10.9. The van der Waals surface area contributed by atoms with E-state index in [0.717, 1.165) is 16.3 Å². The van der Waals surface area contributed by atoms with Crippen LogP contribution in [0.4, 0.5) is 0 Å². The number of hydrogen-bond donors (Lipinski definition) is 0. The molecular formula is C12H13NOS2. The monoisotopic (exact) mass is 251 g/mol. The van der Waals surface area contributed by atoms with Crippen LogP contribution in [0, 0.1) is 0 Å². The maximum Gasteiger partial charge on any atom is 0.119 e. The normalized spacial score (nSPS) is 10.6. The van der Waals surface area contributed by atoms with Gasteiger partial charge < -0.3 is 4.74 Å². The number of methoxy groups -OCH3 is 1. The van der Waals surface area contributed by atoms with Gasteiger partial charge >= 0.3 is 0 Å². The van der Waals surface area contributed by atoms with E-state index in [1.165, 1.54) is 4.90 Å². The molecule has 0 aliphatic carbocycles. The van der Waals surface area contributed by atoms with Gasteiger partial charge in [0.2, 0.25) is 0 Å². The molecule has 84 valence electrons. The van der Waals surface area contributed by atoms with Crippen LogP contribution >= 0.6 is 23.1 Å². The first-order valence-electron chi connectivity index (χ1n) is 4.91. The molecule has 1 heterocycles. The second-order valence-corrected chi connectivity index (χ2v) is 5.11. The quantitative estimate of drug-likeness (QED) is 0.774. The molecule has 0 aliphatic rings. The van der Waals surface area contributed by atoms with Crippen LogP contribution in [0.25, 0.3) is 11.3 Å². The van der Waals surface area contributed by atoms with Gasteiger partial charge in [0.05, 0.1) is 12.3 Å². The van der Waals surface area contributed by atoms with Crippen LogP contribution < -0.4 is 0 Å². The Morgan fingerprint density at radius 3 is 2.69 bits per heavy atom. The molecule has 2 aromatic rings. The number of benzene rings is 1. The molecule has 0 saturated heterocycles. The lowest BCUT2D eigenvalue weighted by molar-refractivity contribution is 0.184. The largest absolute Gasteiger partial charge is 0.378 e. The van der Waals surface area contributed by atoms with Crippen molar-refractivity contribution in [2.24, 2.45) is 0 Å². The fourth-order valence-corrected chi connectivity index (χ4v) is 2.58. The lowest BCUT2D eigenvalue weighted by Gasteiger charge is -1.98. The second-order valence-electron chi connectivity index (χ2n) is 3.29. The van der Waals surface area contributed by atoms with Crippen molar-refractivity contribution in [3.05, 3.63) is 34.7 Å². The molecule has 1 aromatic heterocycles. The Bertz CT molecular complexity index is 450. The highest BCUT2D eigenvalue weighted by atomic mass is 32.2. The highest BCUT2D eigenvalue weighted by Gasteiger charge is 2.04. The Labute approximate surface area is 104 Å². The van der Waals surface area contributed by atoms with E-state index in [4.69, 9.17) is 4.74 Å². The van der Waals surface area contributed by atoms with Crippen LogP contribution in [0.1, 0.15) is 5.01 Å². The molecular weight excluding hydrogens is 238 g/mol. The molecule has 0 amide bonds. The van der Waals surface area contributed by atoms with Crippen LogP contribution in [0.3, 0.4) is 0 Å². The first-order valence-corrected chi connectivity index (χ1v) is 7.01. The molecule has 0 N–H and O–H groups in total. The molecule has 4 heteroatoms. The van der Waals surface area contributed by atoms with Crippen molar-refractivity contribution in [2.75, 3.05) is 13.4 Å². The molecule has 1 aromatic carbocycles. The fraction of sp³-hybridized carbons (Fsp3) is 0.250. The zero-order chi connectivity index (χ0) is 11.4. The van der Waals surface area contributed by atoms with Crippen molar-refractivity contribution in [3.8, 4) is 11.3 Å². The summed E-state index contributed by atoms with van der Waals surface area (Å²) in [5.41, 5.74) is 2.20. The van der Waals surface area contributed by atoms with Gasteiger partial charge in [0, 0.05) is 22.9 Å². The van der Waals surface area contributed by atoms with Crippen molar-refractivity contribution in [1.29, 1.82) is 0 Å². The smallest absolute Gasteiger partial charge is 0.119 e. The molecule has 2 rings (SSSR count). The van der Waals surface area contributed by atoms with E-state index in [0.29, 0.717) is 6.61 Å². The van der Waals surface area contributed by atoms with Gasteiger partial charge in [-0.15, -0.1) is 23.1 Å².